The number of carbonyl (C=O) groups is 2. The molecule has 0 bridgehead atoms. The van der Waals surface area contributed by atoms with Gasteiger partial charge in [-0.3, -0.25) is 20.5 Å². The summed E-state index contributed by atoms with van der Waals surface area (Å²) in [5.41, 5.74) is 4.18. The van der Waals surface area contributed by atoms with E-state index in [1.807, 2.05) is 35.8 Å². The highest BCUT2D eigenvalue weighted by Crippen LogP contribution is 2.32. The summed E-state index contributed by atoms with van der Waals surface area (Å²) in [5.74, 6) is 5.35. The number of nitrogens with zero attached hydrogens (tertiary/aromatic N) is 5. The van der Waals surface area contributed by atoms with E-state index < -0.39 is 11.9 Å². The average Bonchev–Trinajstić information content (AvgIpc) is 3.35. The van der Waals surface area contributed by atoms with Gasteiger partial charge in [-0.15, -0.1) is 10.2 Å². The van der Waals surface area contributed by atoms with Crippen LogP contribution in [-0.4, -0.2) is 43.6 Å². The molecule has 12 heteroatoms. The molecule has 0 aliphatic carbocycles. The van der Waals surface area contributed by atoms with Gasteiger partial charge in [-0.2, -0.15) is 0 Å². The Morgan fingerprint density at radius 1 is 0.970 bits per heavy atom. The van der Waals surface area contributed by atoms with Gasteiger partial charge in [0.05, 0.1) is 23.7 Å². The molecule has 166 valence electrons. The second-order valence-corrected chi connectivity index (χ2v) is 6.64. The molecule has 33 heavy (non-hydrogen) atoms. The summed E-state index contributed by atoms with van der Waals surface area (Å²) in [6.45, 7) is 2.26. The molecule has 12 nitrogen and oxygen atoms in total. The van der Waals surface area contributed by atoms with Crippen LogP contribution in [0, 0.1) is 0 Å². The molecule has 0 saturated heterocycles. The van der Waals surface area contributed by atoms with Crippen molar-refractivity contribution in [1.29, 1.82) is 0 Å². The summed E-state index contributed by atoms with van der Waals surface area (Å²) in [4.78, 5) is 36.2. The number of hydrogen-bond donors (Lipinski definition) is 4. The monoisotopic (exact) mass is 445 g/mol. The average molecular weight is 445 g/mol. The molecule has 5 N–H and O–H groups in total. The van der Waals surface area contributed by atoms with Crippen molar-refractivity contribution in [3.63, 3.8) is 0 Å². The van der Waals surface area contributed by atoms with Crippen molar-refractivity contribution in [3.8, 4) is 34.2 Å². The Hall–Kier alpha value is -4.71. The number of hydrazine groups is 1. The fourth-order valence-electron chi connectivity index (χ4n) is 2.91. The first-order chi connectivity index (χ1) is 16.1. The van der Waals surface area contributed by atoms with Crippen LogP contribution in [0.1, 0.15) is 17.4 Å². The van der Waals surface area contributed by atoms with Gasteiger partial charge in [-0.25, -0.2) is 20.6 Å². The van der Waals surface area contributed by atoms with Crippen molar-refractivity contribution < 1.29 is 14.0 Å². The number of urea groups is 1. The predicted molar refractivity (Wildman–Crippen MR) is 118 cm³/mol. The molecule has 0 spiro atoms. The molecule has 4 aromatic rings. The Bertz CT molecular complexity index is 1270. The number of nitrogen functional groups attached to an aromatic ring is 1. The topological polar surface area (TPSA) is 174 Å². The molecule has 0 aliphatic heterocycles. The molecule has 3 amide bonds. The highest BCUT2D eigenvalue weighted by molar-refractivity contribution is 5.92. The number of nitrogens with two attached hydrogens (primary N) is 1. The number of aromatic nitrogens is 5. The molecule has 3 heterocycles. The van der Waals surface area contributed by atoms with Crippen LogP contribution in [0.25, 0.3) is 34.2 Å². The molecule has 0 fully saturated rings. The quantitative estimate of drug-likeness (QED) is 0.196. The number of benzene rings is 1. The largest absolute Gasteiger partial charge is 0.416 e. The Kier molecular flexibility index (Phi) is 6.27. The summed E-state index contributed by atoms with van der Waals surface area (Å²) in [5, 5.41) is 13.6. The Morgan fingerprint density at radius 2 is 1.76 bits per heavy atom. The van der Waals surface area contributed by atoms with Gasteiger partial charge in [-0.05, 0) is 25.1 Å². The minimum Gasteiger partial charge on any atom is -0.416 e. The molecule has 0 aliphatic rings. The van der Waals surface area contributed by atoms with Crippen molar-refractivity contribution in [3.05, 3.63) is 60.7 Å². The van der Waals surface area contributed by atoms with Crippen molar-refractivity contribution in [2.75, 3.05) is 11.9 Å². The molecule has 3 aromatic heterocycles. The van der Waals surface area contributed by atoms with Gasteiger partial charge >= 0.3 is 6.03 Å². The van der Waals surface area contributed by atoms with Gasteiger partial charge in [0.15, 0.2) is 0 Å². The van der Waals surface area contributed by atoms with E-state index in [0.29, 0.717) is 29.3 Å². The molecule has 0 radical (unpaired) electrons. The number of carbonyl (C=O) groups excluding carboxylic acids is 2. The van der Waals surface area contributed by atoms with Crippen LogP contribution in [0.5, 0.6) is 0 Å². The van der Waals surface area contributed by atoms with E-state index in [1.54, 1.807) is 13.0 Å². The molecular weight excluding hydrogens is 426 g/mol. The van der Waals surface area contributed by atoms with Crippen molar-refractivity contribution in [1.82, 2.24) is 35.9 Å². The third kappa shape index (κ3) is 4.80. The van der Waals surface area contributed by atoms with Gasteiger partial charge in [0.25, 0.3) is 5.91 Å². The summed E-state index contributed by atoms with van der Waals surface area (Å²) in [7, 11) is 0. The Balaban J connectivity index is 1.76. The Labute approximate surface area is 187 Å². The first kappa shape index (κ1) is 21.5. The second-order valence-electron chi connectivity index (χ2n) is 6.64. The third-order valence-corrected chi connectivity index (χ3v) is 4.45. The zero-order valence-corrected chi connectivity index (χ0v) is 17.4. The maximum absolute atomic E-state index is 12.0. The van der Waals surface area contributed by atoms with Crippen LogP contribution in [0.3, 0.4) is 0 Å². The zero-order chi connectivity index (χ0) is 23.2. The van der Waals surface area contributed by atoms with Gasteiger partial charge in [0.2, 0.25) is 11.8 Å². The smallest absolute Gasteiger partial charge is 0.320 e. The minimum atomic E-state index is -0.571. The molecule has 0 atom stereocenters. The lowest BCUT2D eigenvalue weighted by molar-refractivity contribution is 0.0948. The van der Waals surface area contributed by atoms with E-state index in [0.717, 1.165) is 5.56 Å². The predicted octanol–water partition coefficient (Wildman–Crippen LogP) is 2.00. The minimum absolute atomic E-state index is 0.0504. The molecule has 0 unspecified atom stereocenters. The van der Waals surface area contributed by atoms with Crippen LogP contribution < -0.4 is 21.9 Å². The summed E-state index contributed by atoms with van der Waals surface area (Å²) < 4.78 is 5.90. The molecule has 0 saturated carbocycles. The van der Waals surface area contributed by atoms with Gasteiger partial charge in [0.1, 0.15) is 11.5 Å². The molecule has 1 aromatic carbocycles. The standard InChI is InChI=1S/C21H19N9O3/c1-2-23-21(32)27-17-8-13(20-30-29-19(33-20)12-6-4-3-5-7-12)14(9-26-17)15-10-25-16(11-24-15)18(31)28-22/h3-11H,2,22H2,1H3,(H,28,31)(H2,23,26,27,32). The van der Waals surface area contributed by atoms with Crippen molar-refractivity contribution >= 4 is 17.8 Å². The van der Waals surface area contributed by atoms with Gasteiger partial charge in [0, 0.05) is 23.9 Å². The van der Waals surface area contributed by atoms with Crippen molar-refractivity contribution in [2.45, 2.75) is 6.92 Å². The van der Waals surface area contributed by atoms with E-state index in [-0.39, 0.29) is 17.4 Å². The van der Waals surface area contributed by atoms with Gasteiger partial charge < -0.3 is 9.73 Å². The maximum atomic E-state index is 12.0. The third-order valence-electron chi connectivity index (χ3n) is 4.45. The van der Waals surface area contributed by atoms with Crippen LogP contribution in [-0.2, 0) is 0 Å². The Morgan fingerprint density at radius 3 is 2.45 bits per heavy atom. The fraction of sp³-hybridized carbons (Fsp3) is 0.0952. The number of nitrogens with one attached hydrogen (secondary N) is 3. The molecular formula is C21H19N9O3. The van der Waals surface area contributed by atoms with Crippen LogP contribution in [0.4, 0.5) is 10.6 Å². The number of anilines is 1. The lowest BCUT2D eigenvalue weighted by Gasteiger charge is -2.10. The zero-order valence-electron chi connectivity index (χ0n) is 17.4. The highest BCUT2D eigenvalue weighted by Gasteiger charge is 2.19. The van der Waals surface area contributed by atoms with Crippen molar-refractivity contribution in [2.24, 2.45) is 5.84 Å². The molecule has 4 rings (SSSR count). The number of pyridine rings is 1. The van der Waals surface area contributed by atoms with E-state index >= 15 is 0 Å². The van der Waals surface area contributed by atoms with E-state index in [4.69, 9.17) is 10.3 Å². The number of hydrogen-bond acceptors (Lipinski definition) is 9. The van der Waals surface area contributed by atoms with Gasteiger partial charge in [-0.1, -0.05) is 18.2 Å². The number of rotatable bonds is 6. The van der Waals surface area contributed by atoms with E-state index in [9.17, 15) is 9.59 Å². The highest BCUT2D eigenvalue weighted by atomic mass is 16.4. The summed E-state index contributed by atoms with van der Waals surface area (Å²) in [6, 6.07) is 10.5. The van der Waals surface area contributed by atoms with E-state index in [2.05, 4.69) is 35.8 Å². The fourth-order valence-corrected chi connectivity index (χ4v) is 2.91. The number of amides is 3. The SMILES string of the molecule is CCNC(=O)Nc1cc(-c2nnc(-c3ccccc3)o2)c(-c2cnc(C(=O)NN)cn2)cn1. The lowest BCUT2D eigenvalue weighted by Crippen LogP contribution is -2.30. The van der Waals surface area contributed by atoms with Crippen LogP contribution in [0.15, 0.2) is 59.4 Å². The van der Waals surface area contributed by atoms with Crippen LogP contribution >= 0.6 is 0 Å². The van der Waals surface area contributed by atoms with E-state index in [1.165, 1.54) is 18.6 Å². The first-order valence-corrected chi connectivity index (χ1v) is 9.86. The van der Waals surface area contributed by atoms with Crippen LogP contribution in [0.2, 0.25) is 0 Å². The summed E-state index contributed by atoms with van der Waals surface area (Å²) >= 11 is 0. The normalized spacial score (nSPS) is 10.5. The second kappa shape index (κ2) is 9.62. The maximum Gasteiger partial charge on any atom is 0.320 e. The first-order valence-electron chi connectivity index (χ1n) is 9.86. The lowest BCUT2D eigenvalue weighted by atomic mass is 10.1. The summed E-state index contributed by atoms with van der Waals surface area (Å²) in [6.07, 6.45) is 4.18.